The van der Waals surface area contributed by atoms with Crippen molar-refractivity contribution in [3.63, 3.8) is 0 Å². The number of quaternary nitrogens is 1. The number of nitrogens with one attached hydrogen (secondary N) is 1. The minimum absolute atomic E-state index is 0.000180. The Bertz CT molecular complexity index is 695. The third kappa shape index (κ3) is 4.34. The quantitative estimate of drug-likeness (QED) is 0.786. The van der Waals surface area contributed by atoms with E-state index in [0.29, 0.717) is 0 Å². The summed E-state index contributed by atoms with van der Waals surface area (Å²) in [6.07, 6.45) is 0. The van der Waals surface area contributed by atoms with Crippen LogP contribution in [0.15, 0.2) is 54.6 Å². The lowest BCUT2D eigenvalue weighted by molar-refractivity contribution is -0.910. The Balaban J connectivity index is 2.01. The van der Waals surface area contributed by atoms with Gasteiger partial charge in [0.2, 0.25) is 0 Å². The maximum absolute atomic E-state index is 12.1. The lowest BCUT2D eigenvalue weighted by Gasteiger charge is -2.42. The molecule has 2 atom stereocenters. The molecule has 146 valence electrons. The van der Waals surface area contributed by atoms with Crippen molar-refractivity contribution in [3.05, 3.63) is 65.7 Å². The molecule has 2 aromatic rings. The molecule has 2 N–H and O–H groups in total. The smallest absolute Gasteiger partial charge is 0.118 e. The van der Waals surface area contributed by atoms with E-state index >= 15 is 0 Å². The van der Waals surface area contributed by atoms with E-state index in [9.17, 15) is 5.11 Å². The molecular weight excluding hydrogens is 338 g/mol. The molecular formula is C23H32NO3+. The van der Waals surface area contributed by atoms with E-state index in [2.05, 4.69) is 38.1 Å². The van der Waals surface area contributed by atoms with Gasteiger partial charge in [0.05, 0.1) is 32.8 Å². The summed E-state index contributed by atoms with van der Waals surface area (Å²) in [4.78, 5) is 1.49. The highest BCUT2D eigenvalue weighted by atomic mass is 16.5. The second-order valence-electron chi connectivity index (χ2n) is 7.74. The van der Waals surface area contributed by atoms with E-state index < -0.39 is 5.60 Å². The van der Waals surface area contributed by atoms with Crippen molar-refractivity contribution in [2.24, 2.45) is 5.92 Å². The largest absolute Gasteiger partial charge is 0.497 e. The monoisotopic (exact) mass is 370 g/mol. The standard InChI is InChI=1S/C23H31NO3/c1-18(2)23(25,20-9-11-21(26-3)12-10-20)22(19-7-5-4-6-8-19)17-24-13-15-27-16-14-24/h4-12,18,22,25H,13-17H2,1-3H3/p+1. The number of aliphatic hydroxyl groups is 1. The highest BCUT2D eigenvalue weighted by Crippen LogP contribution is 2.42. The van der Waals surface area contributed by atoms with Crippen LogP contribution in [0.5, 0.6) is 5.75 Å². The zero-order valence-corrected chi connectivity index (χ0v) is 16.7. The predicted molar refractivity (Wildman–Crippen MR) is 107 cm³/mol. The number of hydrogen-bond acceptors (Lipinski definition) is 3. The molecule has 2 unspecified atom stereocenters. The molecule has 1 heterocycles. The molecule has 0 amide bonds. The molecule has 27 heavy (non-hydrogen) atoms. The van der Waals surface area contributed by atoms with Crippen molar-refractivity contribution in [2.45, 2.75) is 25.4 Å². The molecule has 3 rings (SSSR count). The number of morpholine rings is 1. The van der Waals surface area contributed by atoms with E-state index in [-0.39, 0.29) is 11.8 Å². The summed E-state index contributed by atoms with van der Waals surface area (Å²) in [6.45, 7) is 8.65. The predicted octanol–water partition coefficient (Wildman–Crippen LogP) is 2.24. The van der Waals surface area contributed by atoms with Gasteiger partial charge in [-0.1, -0.05) is 56.3 Å². The van der Waals surface area contributed by atoms with Crippen LogP contribution in [0.1, 0.15) is 30.9 Å². The highest BCUT2D eigenvalue weighted by molar-refractivity contribution is 5.35. The van der Waals surface area contributed by atoms with Crippen molar-refractivity contribution < 1.29 is 19.5 Å². The normalized spacial score (nSPS) is 18.9. The van der Waals surface area contributed by atoms with Gasteiger partial charge in [-0.3, -0.25) is 0 Å². The first-order valence-electron chi connectivity index (χ1n) is 9.89. The summed E-state index contributed by atoms with van der Waals surface area (Å²) in [5.74, 6) is 0.872. The Morgan fingerprint density at radius 1 is 1.04 bits per heavy atom. The summed E-state index contributed by atoms with van der Waals surface area (Å²) in [5.41, 5.74) is 1.17. The van der Waals surface area contributed by atoms with Gasteiger partial charge in [-0.05, 0) is 29.2 Å². The number of methoxy groups -OCH3 is 1. The van der Waals surface area contributed by atoms with Crippen LogP contribution < -0.4 is 9.64 Å². The van der Waals surface area contributed by atoms with Gasteiger partial charge in [0, 0.05) is 0 Å². The number of rotatable bonds is 7. The van der Waals surface area contributed by atoms with E-state index in [1.165, 1.54) is 10.5 Å². The van der Waals surface area contributed by atoms with E-state index in [0.717, 1.165) is 44.2 Å². The Hall–Kier alpha value is -1.88. The molecule has 4 nitrogen and oxygen atoms in total. The van der Waals surface area contributed by atoms with Crippen LogP contribution >= 0.6 is 0 Å². The van der Waals surface area contributed by atoms with Crippen LogP contribution in [0, 0.1) is 5.92 Å². The van der Waals surface area contributed by atoms with Crippen LogP contribution in [-0.4, -0.2) is 45.1 Å². The SMILES string of the molecule is COc1ccc(C(O)(C(C)C)C(C[NH+]2CCOCC2)c2ccccc2)cc1. The molecule has 4 heteroatoms. The summed E-state index contributed by atoms with van der Waals surface area (Å²) in [6, 6.07) is 18.3. The lowest BCUT2D eigenvalue weighted by atomic mass is 9.70. The van der Waals surface area contributed by atoms with E-state index in [4.69, 9.17) is 9.47 Å². The molecule has 0 radical (unpaired) electrons. The van der Waals surface area contributed by atoms with Crippen LogP contribution in [-0.2, 0) is 10.3 Å². The van der Waals surface area contributed by atoms with Crippen LogP contribution in [0.4, 0.5) is 0 Å². The van der Waals surface area contributed by atoms with E-state index in [1.54, 1.807) is 7.11 Å². The van der Waals surface area contributed by atoms with Gasteiger partial charge in [0.25, 0.3) is 0 Å². The second-order valence-corrected chi connectivity index (χ2v) is 7.74. The van der Waals surface area contributed by atoms with Gasteiger partial charge < -0.3 is 19.5 Å². The minimum Gasteiger partial charge on any atom is -0.497 e. The summed E-state index contributed by atoms with van der Waals surface area (Å²) in [7, 11) is 1.66. The first kappa shape index (κ1) is 19.9. The molecule has 0 aliphatic carbocycles. The molecule has 1 fully saturated rings. The van der Waals surface area contributed by atoms with Gasteiger partial charge in [0.1, 0.15) is 24.4 Å². The van der Waals surface area contributed by atoms with Gasteiger partial charge in [0.15, 0.2) is 0 Å². The Morgan fingerprint density at radius 2 is 1.67 bits per heavy atom. The van der Waals surface area contributed by atoms with E-state index in [1.807, 2.05) is 30.3 Å². The molecule has 2 aromatic carbocycles. The average Bonchev–Trinajstić information content (AvgIpc) is 2.73. The number of ether oxygens (including phenoxy) is 2. The first-order chi connectivity index (χ1) is 13.1. The molecule has 1 saturated heterocycles. The van der Waals surface area contributed by atoms with Crippen molar-refractivity contribution in [2.75, 3.05) is 40.0 Å². The second kappa shape index (κ2) is 8.87. The highest BCUT2D eigenvalue weighted by Gasteiger charge is 2.44. The van der Waals surface area contributed by atoms with Crippen LogP contribution in [0.3, 0.4) is 0 Å². The van der Waals surface area contributed by atoms with Crippen molar-refractivity contribution in [1.29, 1.82) is 0 Å². The fourth-order valence-electron chi connectivity index (χ4n) is 4.16. The molecule has 0 spiro atoms. The van der Waals surface area contributed by atoms with Gasteiger partial charge in [-0.25, -0.2) is 0 Å². The zero-order valence-electron chi connectivity index (χ0n) is 16.7. The van der Waals surface area contributed by atoms with Gasteiger partial charge >= 0.3 is 0 Å². The number of hydrogen-bond donors (Lipinski definition) is 2. The van der Waals surface area contributed by atoms with Gasteiger partial charge in [-0.15, -0.1) is 0 Å². The van der Waals surface area contributed by atoms with Crippen molar-refractivity contribution >= 4 is 0 Å². The zero-order chi connectivity index (χ0) is 19.3. The molecule has 0 aromatic heterocycles. The Labute approximate surface area is 162 Å². The maximum Gasteiger partial charge on any atom is 0.118 e. The fourth-order valence-corrected chi connectivity index (χ4v) is 4.16. The Morgan fingerprint density at radius 3 is 2.22 bits per heavy atom. The maximum atomic E-state index is 12.1. The minimum atomic E-state index is -0.959. The molecule has 0 saturated carbocycles. The Kier molecular flexibility index (Phi) is 6.53. The summed E-state index contributed by atoms with van der Waals surface area (Å²) in [5, 5.41) is 12.1. The van der Waals surface area contributed by atoms with Crippen LogP contribution in [0.25, 0.3) is 0 Å². The molecule has 0 bridgehead atoms. The third-order valence-corrected chi connectivity index (χ3v) is 5.86. The molecule has 1 aliphatic heterocycles. The lowest BCUT2D eigenvalue weighted by Crippen LogP contribution is -3.14. The number of benzene rings is 2. The van der Waals surface area contributed by atoms with Crippen molar-refractivity contribution in [3.8, 4) is 5.75 Å². The summed E-state index contributed by atoms with van der Waals surface area (Å²) < 4.78 is 10.8. The topological polar surface area (TPSA) is 43.1 Å². The van der Waals surface area contributed by atoms with Crippen molar-refractivity contribution in [1.82, 2.24) is 0 Å². The summed E-state index contributed by atoms with van der Waals surface area (Å²) >= 11 is 0. The fraction of sp³-hybridized carbons (Fsp3) is 0.478. The van der Waals surface area contributed by atoms with Crippen LogP contribution in [0.2, 0.25) is 0 Å². The van der Waals surface area contributed by atoms with Gasteiger partial charge in [-0.2, -0.15) is 0 Å². The first-order valence-corrected chi connectivity index (χ1v) is 9.89. The average molecular weight is 371 g/mol. The molecule has 1 aliphatic rings. The third-order valence-electron chi connectivity index (χ3n) is 5.86.